The van der Waals surface area contributed by atoms with Crippen LogP contribution in [0.3, 0.4) is 0 Å². The van der Waals surface area contributed by atoms with E-state index in [9.17, 15) is 18.0 Å². The molecular formula is C17H17ClF3N3O2. The Hall–Kier alpha value is -2.06. The lowest BCUT2D eigenvalue weighted by Crippen LogP contribution is -2.23. The van der Waals surface area contributed by atoms with Gasteiger partial charge >= 0.3 is 6.18 Å². The van der Waals surface area contributed by atoms with Crippen molar-refractivity contribution in [2.45, 2.75) is 31.5 Å². The Morgan fingerprint density at radius 1 is 1.38 bits per heavy atom. The normalized spacial score (nSPS) is 17.5. The fourth-order valence-corrected chi connectivity index (χ4v) is 2.99. The summed E-state index contributed by atoms with van der Waals surface area (Å²) in [5.41, 5.74) is -1.21. The number of nitrogens with zero attached hydrogens (tertiary/aromatic N) is 2. The summed E-state index contributed by atoms with van der Waals surface area (Å²) >= 11 is 6.08. The molecule has 1 N–H and O–H groups in total. The predicted molar refractivity (Wildman–Crippen MR) is 91.9 cm³/mol. The van der Waals surface area contributed by atoms with E-state index >= 15 is 0 Å². The third-order valence-corrected chi connectivity index (χ3v) is 4.51. The summed E-state index contributed by atoms with van der Waals surface area (Å²) in [6.45, 7) is 1.32. The highest BCUT2D eigenvalue weighted by molar-refractivity contribution is 6.32. The van der Waals surface area contributed by atoms with Crippen molar-refractivity contribution in [3.8, 4) is 5.69 Å². The summed E-state index contributed by atoms with van der Waals surface area (Å²) in [7, 11) is 0. The van der Waals surface area contributed by atoms with Gasteiger partial charge in [-0.15, -0.1) is 0 Å². The van der Waals surface area contributed by atoms with Crippen LogP contribution in [0.2, 0.25) is 5.02 Å². The van der Waals surface area contributed by atoms with Crippen LogP contribution in [-0.2, 0) is 10.9 Å². The Kier molecular flexibility index (Phi) is 5.52. The lowest BCUT2D eigenvalue weighted by molar-refractivity contribution is -0.137. The molecule has 1 aromatic carbocycles. The molecule has 0 amide bonds. The number of alkyl halides is 3. The highest BCUT2D eigenvalue weighted by Gasteiger charge is 2.30. The van der Waals surface area contributed by atoms with Gasteiger partial charge in [0.2, 0.25) is 0 Å². The minimum absolute atomic E-state index is 0.00219. The molecular weight excluding hydrogens is 371 g/mol. The van der Waals surface area contributed by atoms with Gasteiger partial charge in [-0.3, -0.25) is 4.79 Å². The Bertz CT molecular complexity index is 833. The number of rotatable bonds is 5. The quantitative estimate of drug-likeness (QED) is 0.845. The first-order valence-electron chi connectivity index (χ1n) is 8.17. The molecule has 0 bridgehead atoms. The van der Waals surface area contributed by atoms with Crippen LogP contribution in [0.4, 0.5) is 18.9 Å². The average molecular weight is 388 g/mol. The van der Waals surface area contributed by atoms with E-state index in [4.69, 9.17) is 16.3 Å². The lowest BCUT2D eigenvalue weighted by Gasteiger charge is -2.13. The molecule has 0 radical (unpaired) electrons. The number of aromatic nitrogens is 2. The molecule has 2 heterocycles. The van der Waals surface area contributed by atoms with Crippen molar-refractivity contribution in [2.24, 2.45) is 0 Å². The number of nitrogens with one attached hydrogen (secondary N) is 1. The van der Waals surface area contributed by atoms with E-state index < -0.39 is 17.3 Å². The van der Waals surface area contributed by atoms with Gasteiger partial charge in [-0.1, -0.05) is 17.7 Å². The second-order valence-electron chi connectivity index (χ2n) is 5.99. The van der Waals surface area contributed by atoms with E-state index in [1.807, 2.05) is 0 Å². The Morgan fingerprint density at radius 2 is 2.19 bits per heavy atom. The Morgan fingerprint density at radius 3 is 2.88 bits per heavy atom. The fourth-order valence-electron chi connectivity index (χ4n) is 2.79. The molecule has 2 aromatic rings. The Labute approximate surface area is 152 Å². The molecule has 1 saturated heterocycles. The molecule has 26 heavy (non-hydrogen) atoms. The summed E-state index contributed by atoms with van der Waals surface area (Å²) in [6, 6.07) is 4.37. The first-order valence-corrected chi connectivity index (χ1v) is 8.55. The highest BCUT2D eigenvalue weighted by Crippen LogP contribution is 2.30. The molecule has 5 nitrogen and oxygen atoms in total. The van der Waals surface area contributed by atoms with Crippen LogP contribution in [0.1, 0.15) is 24.8 Å². The van der Waals surface area contributed by atoms with Crippen molar-refractivity contribution in [1.29, 1.82) is 0 Å². The van der Waals surface area contributed by atoms with Gasteiger partial charge in [-0.2, -0.15) is 23.0 Å². The number of benzene rings is 1. The smallest absolute Gasteiger partial charge is 0.382 e. The van der Waals surface area contributed by atoms with Crippen molar-refractivity contribution in [3.05, 3.63) is 51.4 Å². The van der Waals surface area contributed by atoms with Gasteiger partial charge in [-0.25, -0.2) is 0 Å². The largest absolute Gasteiger partial charge is 0.416 e. The maximum Gasteiger partial charge on any atom is 0.416 e. The number of hydrogen-bond donors (Lipinski definition) is 1. The minimum Gasteiger partial charge on any atom is -0.382 e. The third kappa shape index (κ3) is 4.19. The summed E-state index contributed by atoms with van der Waals surface area (Å²) in [6.07, 6.45) is -0.162. The van der Waals surface area contributed by atoms with Gasteiger partial charge < -0.3 is 10.1 Å². The molecule has 0 unspecified atom stereocenters. The number of hydrogen-bond acceptors (Lipinski definition) is 4. The molecule has 1 atom stereocenters. The van der Waals surface area contributed by atoms with Crippen molar-refractivity contribution < 1.29 is 17.9 Å². The van der Waals surface area contributed by atoms with Gasteiger partial charge in [0.1, 0.15) is 5.02 Å². The zero-order valence-corrected chi connectivity index (χ0v) is 14.5. The molecule has 1 aliphatic rings. The number of ether oxygens (including phenoxy) is 1. The lowest BCUT2D eigenvalue weighted by atomic mass is 10.2. The molecule has 0 spiro atoms. The Balaban J connectivity index is 1.78. The highest BCUT2D eigenvalue weighted by atomic mass is 35.5. The minimum atomic E-state index is -4.51. The zero-order chi connectivity index (χ0) is 18.7. The molecule has 140 valence electrons. The van der Waals surface area contributed by atoms with Gasteiger partial charge in [0.15, 0.2) is 0 Å². The number of anilines is 1. The molecule has 1 aromatic heterocycles. The van der Waals surface area contributed by atoms with E-state index in [-0.39, 0.29) is 16.8 Å². The number of halogens is 4. The summed E-state index contributed by atoms with van der Waals surface area (Å²) in [4.78, 5) is 12.4. The molecule has 0 aliphatic carbocycles. The van der Waals surface area contributed by atoms with E-state index in [0.717, 1.165) is 42.7 Å². The third-order valence-electron chi connectivity index (χ3n) is 4.14. The molecule has 1 aliphatic heterocycles. The maximum atomic E-state index is 12.8. The van der Waals surface area contributed by atoms with E-state index in [0.29, 0.717) is 12.2 Å². The first-order chi connectivity index (χ1) is 12.4. The van der Waals surface area contributed by atoms with Crippen molar-refractivity contribution in [3.63, 3.8) is 0 Å². The molecule has 0 saturated carbocycles. The topological polar surface area (TPSA) is 56.1 Å². The van der Waals surface area contributed by atoms with Crippen LogP contribution in [-0.4, -0.2) is 29.0 Å². The van der Waals surface area contributed by atoms with Crippen molar-refractivity contribution >= 4 is 17.3 Å². The van der Waals surface area contributed by atoms with E-state index in [1.165, 1.54) is 18.3 Å². The van der Waals surface area contributed by atoms with Crippen LogP contribution < -0.4 is 10.9 Å². The molecule has 9 heteroatoms. The van der Waals surface area contributed by atoms with Gasteiger partial charge in [0, 0.05) is 13.2 Å². The van der Waals surface area contributed by atoms with Crippen LogP contribution >= 0.6 is 11.6 Å². The SMILES string of the molecule is O=c1c(Cl)c(NCC[C@@H]2CCCO2)cnn1-c1cccc(C(F)(F)F)c1. The first kappa shape index (κ1) is 18.7. The molecule has 1 fully saturated rings. The average Bonchev–Trinajstić information content (AvgIpc) is 3.11. The van der Waals surface area contributed by atoms with Gasteiger partial charge in [0.05, 0.1) is 29.2 Å². The van der Waals surface area contributed by atoms with Crippen molar-refractivity contribution in [2.75, 3.05) is 18.5 Å². The monoisotopic (exact) mass is 387 g/mol. The summed E-state index contributed by atoms with van der Waals surface area (Å²) in [5, 5.41) is 6.85. The maximum absolute atomic E-state index is 12.8. The van der Waals surface area contributed by atoms with Crippen LogP contribution in [0.25, 0.3) is 5.69 Å². The standard InChI is InChI=1S/C17H17ClF3N3O2/c18-15-14(22-7-6-13-5-2-8-26-13)10-23-24(16(15)25)12-4-1-3-11(9-12)17(19,20)21/h1,3-4,9-10,13,22H,2,5-8H2/t13-/m0/s1. The van der Waals surface area contributed by atoms with E-state index in [1.54, 1.807) is 0 Å². The predicted octanol–water partition coefficient (Wildman–Crippen LogP) is 3.89. The second kappa shape index (κ2) is 7.67. The van der Waals surface area contributed by atoms with Crippen LogP contribution in [0.5, 0.6) is 0 Å². The van der Waals surface area contributed by atoms with Gasteiger partial charge in [-0.05, 0) is 37.5 Å². The molecule has 3 rings (SSSR count). The zero-order valence-electron chi connectivity index (χ0n) is 13.7. The fraction of sp³-hybridized carbons (Fsp3) is 0.412. The van der Waals surface area contributed by atoms with Crippen LogP contribution in [0.15, 0.2) is 35.3 Å². The summed E-state index contributed by atoms with van der Waals surface area (Å²) < 4.78 is 44.9. The van der Waals surface area contributed by atoms with Gasteiger partial charge in [0.25, 0.3) is 5.56 Å². The van der Waals surface area contributed by atoms with Crippen LogP contribution in [0, 0.1) is 0 Å². The summed E-state index contributed by atoms with van der Waals surface area (Å²) in [5.74, 6) is 0. The van der Waals surface area contributed by atoms with Crippen molar-refractivity contribution in [1.82, 2.24) is 9.78 Å². The second-order valence-corrected chi connectivity index (χ2v) is 6.37. The van der Waals surface area contributed by atoms with E-state index in [2.05, 4.69) is 10.4 Å².